The summed E-state index contributed by atoms with van der Waals surface area (Å²) in [6.45, 7) is 2.56. The van der Waals surface area contributed by atoms with Gasteiger partial charge in [0.15, 0.2) is 0 Å². The highest BCUT2D eigenvalue weighted by Crippen LogP contribution is 2.27. The Bertz CT molecular complexity index is 380. The maximum absolute atomic E-state index is 5.80. The predicted octanol–water partition coefficient (Wildman–Crippen LogP) is 2.54. The van der Waals surface area contributed by atoms with Gasteiger partial charge in [0, 0.05) is 17.6 Å². The lowest BCUT2D eigenvalue weighted by Gasteiger charge is -2.19. The molecular weight excluding hydrogens is 252 g/mol. The van der Waals surface area contributed by atoms with Crippen LogP contribution in [0.1, 0.15) is 18.5 Å². The van der Waals surface area contributed by atoms with E-state index in [1.165, 1.54) is 0 Å². The minimum Gasteiger partial charge on any atom is -0.363 e. The van der Waals surface area contributed by atoms with E-state index in [-0.39, 0.29) is 6.04 Å². The maximum atomic E-state index is 5.80. The fourth-order valence-corrected chi connectivity index (χ4v) is 2.04. The Hall–Kier alpha value is -0.980. The zero-order valence-corrected chi connectivity index (χ0v) is 10.6. The van der Waals surface area contributed by atoms with Crippen LogP contribution in [0.2, 0.25) is 0 Å². The van der Waals surface area contributed by atoms with Gasteiger partial charge in [0.1, 0.15) is 0 Å². The lowest BCUT2D eigenvalue weighted by Crippen LogP contribution is -2.17. The Kier molecular flexibility index (Phi) is 4.19. The molecule has 0 amide bonds. The summed E-state index contributed by atoms with van der Waals surface area (Å²) >= 11 is 3.52. The second kappa shape index (κ2) is 5.20. The second-order valence-corrected chi connectivity index (χ2v) is 4.41. The lowest BCUT2D eigenvalue weighted by molar-refractivity contribution is 0.817. The summed E-state index contributed by atoms with van der Waals surface area (Å²) in [5.41, 5.74) is 7.99. The Morgan fingerprint density at radius 3 is 2.73 bits per heavy atom. The molecule has 3 heteroatoms. The second-order valence-electron chi connectivity index (χ2n) is 3.56. The maximum Gasteiger partial charge on any atom is 0.0788 e. The molecule has 1 rings (SSSR count). The Morgan fingerprint density at radius 2 is 2.27 bits per heavy atom. The van der Waals surface area contributed by atoms with Crippen molar-refractivity contribution >= 4 is 21.6 Å². The first kappa shape index (κ1) is 12.1. The minimum absolute atomic E-state index is 0.0493. The van der Waals surface area contributed by atoms with Gasteiger partial charge in [0.2, 0.25) is 0 Å². The molecule has 0 saturated heterocycles. The number of nitrogens with zero attached hydrogens (tertiary/aromatic N) is 1. The van der Waals surface area contributed by atoms with Gasteiger partial charge in [-0.25, -0.2) is 0 Å². The van der Waals surface area contributed by atoms with Gasteiger partial charge in [-0.15, -0.1) is 6.42 Å². The van der Waals surface area contributed by atoms with Crippen LogP contribution in [0.3, 0.4) is 0 Å². The molecule has 0 aromatic heterocycles. The van der Waals surface area contributed by atoms with Crippen molar-refractivity contribution in [2.45, 2.75) is 13.0 Å². The zero-order chi connectivity index (χ0) is 11.4. The van der Waals surface area contributed by atoms with Crippen molar-refractivity contribution < 1.29 is 0 Å². The van der Waals surface area contributed by atoms with Crippen LogP contribution in [0, 0.1) is 12.3 Å². The molecule has 1 atom stereocenters. The monoisotopic (exact) mass is 266 g/mol. The largest absolute Gasteiger partial charge is 0.363 e. The van der Waals surface area contributed by atoms with Crippen LogP contribution >= 0.6 is 15.9 Å². The van der Waals surface area contributed by atoms with Gasteiger partial charge in [0.25, 0.3) is 0 Å². The fraction of sp³-hybridized carbons (Fsp3) is 0.333. The summed E-state index contributed by atoms with van der Waals surface area (Å²) in [5, 5.41) is 0. The van der Waals surface area contributed by atoms with Crippen LogP contribution in [0.25, 0.3) is 0 Å². The molecule has 0 saturated carbocycles. The number of nitrogens with two attached hydrogens (primary N) is 1. The summed E-state index contributed by atoms with van der Waals surface area (Å²) < 4.78 is 1.02. The van der Waals surface area contributed by atoms with Gasteiger partial charge in [-0.3, -0.25) is 0 Å². The molecule has 0 aliphatic heterocycles. The van der Waals surface area contributed by atoms with Crippen molar-refractivity contribution in [3.8, 4) is 12.3 Å². The smallest absolute Gasteiger partial charge is 0.0788 e. The standard InChI is InChI=1S/C12H15BrN2/c1-4-7-15(3)12-6-5-10(9(2)14)8-11(12)13/h1,5-6,8-9H,7,14H2,2-3H3/t9-/m0/s1. The van der Waals surface area contributed by atoms with Crippen LogP contribution in [0.5, 0.6) is 0 Å². The lowest BCUT2D eigenvalue weighted by atomic mass is 10.1. The minimum atomic E-state index is 0.0493. The van der Waals surface area contributed by atoms with Gasteiger partial charge in [-0.2, -0.15) is 0 Å². The summed E-state index contributed by atoms with van der Waals surface area (Å²) in [5.74, 6) is 2.61. The van der Waals surface area contributed by atoms with E-state index < -0.39 is 0 Å². The van der Waals surface area contributed by atoms with E-state index in [1.54, 1.807) is 0 Å². The predicted molar refractivity (Wildman–Crippen MR) is 68.8 cm³/mol. The Morgan fingerprint density at radius 1 is 1.60 bits per heavy atom. The van der Waals surface area contributed by atoms with Crippen molar-refractivity contribution in [3.63, 3.8) is 0 Å². The van der Waals surface area contributed by atoms with E-state index in [0.717, 1.165) is 15.7 Å². The van der Waals surface area contributed by atoms with Crippen LogP contribution in [0.4, 0.5) is 5.69 Å². The van der Waals surface area contributed by atoms with Crippen LogP contribution in [0.15, 0.2) is 22.7 Å². The van der Waals surface area contributed by atoms with E-state index in [2.05, 4.69) is 21.9 Å². The third kappa shape index (κ3) is 2.98. The quantitative estimate of drug-likeness (QED) is 0.853. The van der Waals surface area contributed by atoms with Crippen molar-refractivity contribution in [2.75, 3.05) is 18.5 Å². The molecule has 1 aromatic carbocycles. The number of hydrogen-bond acceptors (Lipinski definition) is 2. The molecule has 1 aromatic rings. The zero-order valence-electron chi connectivity index (χ0n) is 9.00. The Labute approximate surface area is 99.6 Å². The fourth-order valence-electron chi connectivity index (χ4n) is 1.34. The molecule has 15 heavy (non-hydrogen) atoms. The average molecular weight is 267 g/mol. The van der Waals surface area contributed by atoms with E-state index in [9.17, 15) is 0 Å². The highest BCUT2D eigenvalue weighted by atomic mass is 79.9. The van der Waals surface area contributed by atoms with E-state index >= 15 is 0 Å². The molecule has 0 radical (unpaired) electrons. The molecule has 2 N–H and O–H groups in total. The molecule has 0 bridgehead atoms. The van der Waals surface area contributed by atoms with Crippen molar-refractivity contribution in [1.82, 2.24) is 0 Å². The summed E-state index contributed by atoms with van der Waals surface area (Å²) in [7, 11) is 1.96. The van der Waals surface area contributed by atoms with Gasteiger partial charge >= 0.3 is 0 Å². The molecule has 0 aliphatic carbocycles. The highest BCUT2D eigenvalue weighted by Gasteiger charge is 2.07. The van der Waals surface area contributed by atoms with Crippen molar-refractivity contribution in [1.29, 1.82) is 0 Å². The van der Waals surface area contributed by atoms with Crippen molar-refractivity contribution in [2.24, 2.45) is 5.73 Å². The SMILES string of the molecule is C#CCN(C)c1ccc([C@H](C)N)cc1Br. The van der Waals surface area contributed by atoms with Crippen molar-refractivity contribution in [3.05, 3.63) is 28.2 Å². The number of terminal acetylenes is 1. The number of rotatable bonds is 3. The van der Waals surface area contributed by atoms with E-state index in [0.29, 0.717) is 6.54 Å². The summed E-state index contributed by atoms with van der Waals surface area (Å²) in [6, 6.07) is 6.14. The van der Waals surface area contributed by atoms with Crippen LogP contribution in [-0.4, -0.2) is 13.6 Å². The van der Waals surface area contributed by atoms with Crippen LogP contribution < -0.4 is 10.6 Å². The summed E-state index contributed by atoms with van der Waals surface area (Å²) in [6.07, 6.45) is 5.27. The number of hydrogen-bond donors (Lipinski definition) is 1. The molecule has 0 aliphatic rings. The number of halogens is 1. The van der Waals surface area contributed by atoms with Gasteiger partial charge in [0.05, 0.1) is 12.2 Å². The normalized spacial score (nSPS) is 11.9. The highest BCUT2D eigenvalue weighted by molar-refractivity contribution is 9.10. The molecule has 2 nitrogen and oxygen atoms in total. The summed E-state index contributed by atoms with van der Waals surface area (Å²) in [4.78, 5) is 2.01. The third-order valence-electron chi connectivity index (χ3n) is 2.24. The number of anilines is 1. The molecular formula is C12H15BrN2. The van der Waals surface area contributed by atoms with E-state index in [1.807, 2.05) is 37.1 Å². The first-order chi connectivity index (χ1) is 7.06. The van der Waals surface area contributed by atoms with Gasteiger partial charge < -0.3 is 10.6 Å². The first-order valence-electron chi connectivity index (χ1n) is 4.76. The first-order valence-corrected chi connectivity index (χ1v) is 5.55. The molecule has 0 fully saturated rings. The molecule has 80 valence electrons. The van der Waals surface area contributed by atoms with E-state index in [4.69, 9.17) is 12.2 Å². The molecule has 0 unspecified atom stereocenters. The Balaban J connectivity index is 2.98. The van der Waals surface area contributed by atoms with Crippen LogP contribution in [-0.2, 0) is 0 Å². The number of benzene rings is 1. The van der Waals surface area contributed by atoms with Gasteiger partial charge in [-0.05, 0) is 40.5 Å². The molecule has 0 spiro atoms. The third-order valence-corrected chi connectivity index (χ3v) is 2.87. The van der Waals surface area contributed by atoms with Gasteiger partial charge in [-0.1, -0.05) is 12.0 Å². The average Bonchev–Trinajstić information content (AvgIpc) is 2.17. The molecule has 0 heterocycles. The topological polar surface area (TPSA) is 29.3 Å².